The topological polar surface area (TPSA) is 98.7 Å². The lowest BCUT2D eigenvalue weighted by molar-refractivity contribution is 0.0745. The largest absolute Gasteiger partial charge is 0.508 e. The first-order chi connectivity index (χ1) is 16.9. The van der Waals surface area contributed by atoms with Crippen molar-refractivity contribution in [3.8, 4) is 28.5 Å². The van der Waals surface area contributed by atoms with Gasteiger partial charge in [-0.3, -0.25) is 9.89 Å². The zero-order chi connectivity index (χ0) is 24.7. The molecule has 1 aromatic heterocycles. The summed E-state index contributed by atoms with van der Waals surface area (Å²) in [6.07, 6.45) is 0.646. The van der Waals surface area contributed by atoms with E-state index in [4.69, 9.17) is 4.74 Å². The van der Waals surface area contributed by atoms with E-state index in [1.165, 1.54) is 0 Å². The van der Waals surface area contributed by atoms with Crippen LogP contribution in [0.3, 0.4) is 0 Å². The molecular weight excluding hydrogens is 442 g/mol. The zero-order valence-electron chi connectivity index (χ0n) is 19.9. The van der Waals surface area contributed by atoms with Crippen LogP contribution in [0, 0.1) is 13.8 Å². The summed E-state index contributed by atoms with van der Waals surface area (Å²) in [5.74, 6) is 0.862. The molecule has 0 saturated carbocycles. The number of hydrogen-bond acceptors (Lipinski definition) is 5. The first-order valence-electron chi connectivity index (χ1n) is 11.5. The molecule has 1 amide bonds. The second kappa shape index (κ2) is 8.83. The average Bonchev–Trinajstić information content (AvgIpc) is 3.36. The van der Waals surface area contributed by atoms with Crippen LogP contribution in [0.2, 0.25) is 0 Å². The third kappa shape index (κ3) is 3.99. The number of benzene rings is 3. The number of amides is 1. The number of nitrogens with one attached hydrogen (secondary N) is 1. The quantitative estimate of drug-likeness (QED) is 0.373. The van der Waals surface area contributed by atoms with Crippen LogP contribution in [-0.4, -0.2) is 44.9 Å². The van der Waals surface area contributed by atoms with Crippen molar-refractivity contribution >= 4 is 5.91 Å². The fraction of sp³-hybridized carbons (Fsp3) is 0.214. The Labute approximate surface area is 203 Å². The van der Waals surface area contributed by atoms with Gasteiger partial charge in [0.05, 0.1) is 13.2 Å². The summed E-state index contributed by atoms with van der Waals surface area (Å²) in [5.41, 5.74) is 5.92. The van der Waals surface area contributed by atoms with Gasteiger partial charge < -0.3 is 19.8 Å². The molecule has 35 heavy (non-hydrogen) atoms. The van der Waals surface area contributed by atoms with Gasteiger partial charge in [-0.25, -0.2) is 0 Å². The molecular formula is C28H27N3O4. The van der Waals surface area contributed by atoms with E-state index in [1.54, 1.807) is 36.3 Å². The normalized spacial score (nSPS) is 14.9. The van der Waals surface area contributed by atoms with Crippen LogP contribution in [0.4, 0.5) is 0 Å². The van der Waals surface area contributed by atoms with Crippen LogP contribution in [0.15, 0.2) is 60.7 Å². The molecule has 0 spiro atoms. The number of aromatic hydroxyl groups is 2. The SMILES string of the molecule is COc1ccc(CCN2C(=O)c3[nH]nc(-c4c(C)cc(C)cc4O)c3C2c2cccc(O)c2)cc1. The Morgan fingerprint density at radius 3 is 2.51 bits per heavy atom. The highest BCUT2D eigenvalue weighted by atomic mass is 16.5. The number of ether oxygens (including phenoxy) is 1. The number of aromatic amines is 1. The van der Waals surface area contributed by atoms with Gasteiger partial charge in [0.25, 0.3) is 5.91 Å². The highest BCUT2D eigenvalue weighted by Crippen LogP contribution is 2.46. The van der Waals surface area contributed by atoms with E-state index in [0.717, 1.165) is 28.0 Å². The molecule has 178 valence electrons. The van der Waals surface area contributed by atoms with E-state index in [0.29, 0.717) is 35.5 Å². The minimum Gasteiger partial charge on any atom is -0.508 e. The van der Waals surface area contributed by atoms with Crippen molar-refractivity contribution in [2.75, 3.05) is 13.7 Å². The predicted octanol–water partition coefficient (Wildman–Crippen LogP) is 4.90. The molecule has 1 aliphatic heterocycles. The number of methoxy groups -OCH3 is 1. The standard InChI is InChI=1S/C28H27N3O4/c1-16-13-17(2)23(22(33)14-16)25-24-26(30-29-25)28(34)31(27(24)19-5-4-6-20(32)15-19)12-11-18-7-9-21(35-3)10-8-18/h4-10,13-15,27,32-33H,11-12H2,1-3H3,(H,29,30). The van der Waals surface area contributed by atoms with E-state index in [2.05, 4.69) is 10.2 Å². The smallest absolute Gasteiger partial charge is 0.273 e. The number of phenolic OH excluding ortho intramolecular Hbond substituents is 2. The molecule has 0 fully saturated rings. The van der Waals surface area contributed by atoms with Crippen LogP contribution < -0.4 is 4.74 Å². The maximum atomic E-state index is 13.6. The molecule has 4 aromatic rings. The molecule has 7 heteroatoms. The summed E-state index contributed by atoms with van der Waals surface area (Å²) >= 11 is 0. The number of aryl methyl sites for hydroxylation is 2. The van der Waals surface area contributed by atoms with Gasteiger partial charge in [0.15, 0.2) is 0 Å². The van der Waals surface area contributed by atoms with Gasteiger partial charge >= 0.3 is 0 Å². The summed E-state index contributed by atoms with van der Waals surface area (Å²) in [7, 11) is 1.63. The number of fused-ring (bicyclic) bond motifs is 1. The molecule has 0 saturated heterocycles. The molecule has 5 rings (SSSR count). The Morgan fingerprint density at radius 2 is 1.83 bits per heavy atom. The maximum absolute atomic E-state index is 13.6. The Morgan fingerprint density at radius 1 is 1.06 bits per heavy atom. The van der Waals surface area contributed by atoms with Crippen molar-refractivity contribution in [1.29, 1.82) is 0 Å². The number of H-pyrrole nitrogens is 1. The first kappa shape index (κ1) is 22.5. The summed E-state index contributed by atoms with van der Waals surface area (Å²) in [6, 6.07) is 17.9. The first-order valence-corrected chi connectivity index (χ1v) is 11.5. The Hall–Kier alpha value is -4.26. The van der Waals surface area contributed by atoms with Gasteiger partial charge in [0.2, 0.25) is 0 Å². The molecule has 2 heterocycles. The number of aromatic nitrogens is 2. The van der Waals surface area contributed by atoms with Gasteiger partial charge in [-0.2, -0.15) is 5.10 Å². The van der Waals surface area contributed by atoms with Crippen LogP contribution in [0.5, 0.6) is 17.2 Å². The lowest BCUT2D eigenvalue weighted by Crippen LogP contribution is -2.31. The number of carbonyl (C=O) groups is 1. The summed E-state index contributed by atoms with van der Waals surface area (Å²) in [4.78, 5) is 15.4. The van der Waals surface area contributed by atoms with E-state index >= 15 is 0 Å². The van der Waals surface area contributed by atoms with Crippen LogP contribution >= 0.6 is 0 Å². The molecule has 0 aliphatic carbocycles. The Bertz CT molecular complexity index is 1390. The van der Waals surface area contributed by atoms with Crippen LogP contribution in [0.25, 0.3) is 11.3 Å². The van der Waals surface area contributed by atoms with E-state index < -0.39 is 6.04 Å². The monoisotopic (exact) mass is 469 g/mol. The van der Waals surface area contributed by atoms with Gasteiger partial charge in [0, 0.05) is 17.7 Å². The Balaban J connectivity index is 1.58. The van der Waals surface area contributed by atoms with Gasteiger partial charge in [-0.05, 0) is 72.9 Å². The summed E-state index contributed by atoms with van der Waals surface area (Å²) < 4.78 is 5.24. The van der Waals surface area contributed by atoms with Crippen molar-refractivity contribution in [3.05, 3.63) is 94.2 Å². The van der Waals surface area contributed by atoms with E-state index in [1.807, 2.05) is 50.2 Å². The minimum atomic E-state index is -0.461. The molecule has 1 aliphatic rings. The number of hydrogen-bond donors (Lipinski definition) is 3. The maximum Gasteiger partial charge on any atom is 0.273 e. The van der Waals surface area contributed by atoms with E-state index in [9.17, 15) is 15.0 Å². The average molecular weight is 470 g/mol. The zero-order valence-corrected chi connectivity index (χ0v) is 19.9. The molecule has 0 bridgehead atoms. The van der Waals surface area contributed by atoms with E-state index in [-0.39, 0.29) is 17.4 Å². The molecule has 0 radical (unpaired) electrons. The molecule has 1 unspecified atom stereocenters. The van der Waals surface area contributed by atoms with Crippen molar-refractivity contribution in [2.45, 2.75) is 26.3 Å². The summed E-state index contributed by atoms with van der Waals surface area (Å²) in [5, 5.41) is 28.4. The molecule has 3 aromatic carbocycles. The third-order valence-corrected chi connectivity index (χ3v) is 6.55. The van der Waals surface area contributed by atoms with Gasteiger partial charge in [-0.15, -0.1) is 0 Å². The predicted molar refractivity (Wildman–Crippen MR) is 133 cm³/mol. The van der Waals surface area contributed by atoms with Crippen molar-refractivity contribution in [3.63, 3.8) is 0 Å². The van der Waals surface area contributed by atoms with Gasteiger partial charge in [-0.1, -0.05) is 30.3 Å². The molecule has 1 atom stereocenters. The summed E-state index contributed by atoms with van der Waals surface area (Å²) in [6.45, 7) is 4.31. The second-order valence-electron chi connectivity index (χ2n) is 8.93. The third-order valence-electron chi connectivity index (χ3n) is 6.55. The van der Waals surface area contributed by atoms with Crippen LogP contribution in [-0.2, 0) is 6.42 Å². The lowest BCUT2D eigenvalue weighted by Gasteiger charge is -2.27. The number of carbonyl (C=O) groups excluding carboxylic acids is 1. The second-order valence-corrected chi connectivity index (χ2v) is 8.93. The molecule has 7 nitrogen and oxygen atoms in total. The van der Waals surface area contributed by atoms with Crippen molar-refractivity contribution in [1.82, 2.24) is 15.1 Å². The Kier molecular flexibility index (Phi) is 5.68. The molecule has 3 N–H and O–H groups in total. The number of rotatable bonds is 6. The highest BCUT2D eigenvalue weighted by molar-refractivity contribution is 6.00. The van der Waals surface area contributed by atoms with Gasteiger partial charge in [0.1, 0.15) is 28.6 Å². The highest BCUT2D eigenvalue weighted by Gasteiger charge is 2.42. The lowest BCUT2D eigenvalue weighted by atomic mass is 9.93. The fourth-order valence-electron chi connectivity index (χ4n) is 4.95. The minimum absolute atomic E-state index is 0.121. The fourth-order valence-corrected chi connectivity index (χ4v) is 4.95. The van der Waals surface area contributed by atoms with Crippen molar-refractivity contribution in [2.24, 2.45) is 0 Å². The van der Waals surface area contributed by atoms with Crippen LogP contribution in [0.1, 0.15) is 44.3 Å². The number of nitrogens with zero attached hydrogens (tertiary/aromatic N) is 2. The number of phenols is 2. The van der Waals surface area contributed by atoms with Crippen molar-refractivity contribution < 1.29 is 19.7 Å².